The lowest BCUT2D eigenvalue weighted by molar-refractivity contribution is 0.0823. The van der Waals surface area contributed by atoms with Crippen LogP contribution in [0.4, 0.5) is 0 Å². The zero-order valence-corrected chi connectivity index (χ0v) is 14.3. The molecule has 1 aliphatic heterocycles. The monoisotopic (exact) mass is 332 g/mol. The maximum atomic E-state index is 5.39. The number of tetrazole rings is 1. The molecule has 0 unspecified atom stereocenters. The topological polar surface area (TPSA) is 89.0 Å². The number of hydrogen-bond donors (Lipinski definition) is 0. The molecule has 1 aliphatic carbocycles. The molecular formula is C15H24N8O. The molecule has 9 heteroatoms. The van der Waals surface area contributed by atoms with E-state index >= 15 is 0 Å². The van der Waals surface area contributed by atoms with Crippen molar-refractivity contribution in [3.05, 3.63) is 17.5 Å². The minimum atomic E-state index is 0.164. The van der Waals surface area contributed by atoms with Gasteiger partial charge in [0.1, 0.15) is 0 Å². The van der Waals surface area contributed by atoms with E-state index in [1.165, 1.54) is 12.8 Å². The van der Waals surface area contributed by atoms with Crippen LogP contribution in [0, 0.1) is 0 Å². The summed E-state index contributed by atoms with van der Waals surface area (Å²) in [5.41, 5.74) is 0. The third-order valence-electron chi connectivity index (χ3n) is 4.93. The molecule has 1 atom stereocenters. The van der Waals surface area contributed by atoms with E-state index in [9.17, 15) is 0 Å². The molecule has 0 radical (unpaired) electrons. The second kappa shape index (κ2) is 6.56. The Labute approximate surface area is 141 Å². The zero-order valence-electron chi connectivity index (χ0n) is 14.3. The minimum absolute atomic E-state index is 0.164. The van der Waals surface area contributed by atoms with E-state index in [-0.39, 0.29) is 6.04 Å². The molecule has 0 bridgehead atoms. The van der Waals surface area contributed by atoms with Gasteiger partial charge < -0.3 is 4.52 Å². The first-order chi connectivity index (χ1) is 11.7. The van der Waals surface area contributed by atoms with Crippen LogP contribution in [0.2, 0.25) is 0 Å². The van der Waals surface area contributed by atoms with Crippen LogP contribution in [-0.2, 0) is 13.0 Å². The molecule has 0 spiro atoms. The van der Waals surface area contributed by atoms with Gasteiger partial charge in [0.2, 0.25) is 5.89 Å². The lowest BCUT2D eigenvalue weighted by atomic mass is 10.2. The van der Waals surface area contributed by atoms with Crippen molar-refractivity contribution >= 4 is 0 Å². The fourth-order valence-corrected chi connectivity index (χ4v) is 3.16. The van der Waals surface area contributed by atoms with Gasteiger partial charge >= 0.3 is 0 Å². The number of nitrogens with zero attached hydrogens (tertiary/aromatic N) is 8. The fraction of sp³-hybridized carbons (Fsp3) is 0.800. The highest BCUT2D eigenvalue weighted by atomic mass is 16.5. The maximum absolute atomic E-state index is 5.39. The van der Waals surface area contributed by atoms with Gasteiger partial charge in [-0.1, -0.05) is 12.1 Å². The van der Waals surface area contributed by atoms with Gasteiger partial charge in [0.25, 0.3) is 0 Å². The van der Waals surface area contributed by atoms with E-state index in [1.807, 2.05) is 11.6 Å². The summed E-state index contributed by atoms with van der Waals surface area (Å²) >= 11 is 0. The standard InChI is InChI=1S/C15H24N8O/c1-3-13-16-15(24-18-13)11(2)22-8-6-21(7-9-22)10-14-17-19-20-23(14)12-4-5-12/h11-12H,3-10H2,1-2H3/t11-/m0/s1. The molecule has 2 aromatic rings. The molecule has 1 saturated heterocycles. The van der Waals surface area contributed by atoms with Gasteiger partial charge in [-0.3, -0.25) is 9.80 Å². The summed E-state index contributed by atoms with van der Waals surface area (Å²) in [5, 5.41) is 16.2. The summed E-state index contributed by atoms with van der Waals surface area (Å²) in [6, 6.07) is 0.693. The highest BCUT2D eigenvalue weighted by molar-refractivity contribution is 4.94. The Kier molecular flexibility index (Phi) is 4.28. The van der Waals surface area contributed by atoms with Crippen LogP contribution < -0.4 is 0 Å². The van der Waals surface area contributed by atoms with Crippen molar-refractivity contribution in [2.24, 2.45) is 0 Å². The number of piperazine rings is 1. The number of rotatable bonds is 6. The Morgan fingerprint density at radius 2 is 2.00 bits per heavy atom. The van der Waals surface area contributed by atoms with Crippen LogP contribution in [0.3, 0.4) is 0 Å². The van der Waals surface area contributed by atoms with Crippen molar-refractivity contribution < 1.29 is 4.52 Å². The van der Waals surface area contributed by atoms with E-state index in [0.29, 0.717) is 6.04 Å². The smallest absolute Gasteiger partial charge is 0.243 e. The van der Waals surface area contributed by atoms with Crippen LogP contribution in [0.1, 0.15) is 56.3 Å². The third kappa shape index (κ3) is 3.18. The summed E-state index contributed by atoms with van der Waals surface area (Å²) in [7, 11) is 0. The van der Waals surface area contributed by atoms with Gasteiger partial charge in [-0.25, -0.2) is 4.68 Å². The van der Waals surface area contributed by atoms with E-state index < -0.39 is 0 Å². The molecule has 2 aliphatic rings. The van der Waals surface area contributed by atoms with Crippen LogP contribution in [0.5, 0.6) is 0 Å². The molecule has 2 aromatic heterocycles. The molecule has 9 nitrogen and oxygen atoms in total. The SMILES string of the molecule is CCc1noc([C@H](C)N2CCN(Cc3nnnn3C3CC3)CC2)n1. The second-order valence-electron chi connectivity index (χ2n) is 6.66. The van der Waals surface area contributed by atoms with E-state index in [0.717, 1.165) is 56.7 Å². The predicted molar refractivity (Wildman–Crippen MR) is 85.0 cm³/mol. The van der Waals surface area contributed by atoms with Crippen LogP contribution >= 0.6 is 0 Å². The summed E-state index contributed by atoms with van der Waals surface area (Å²) in [6.45, 7) is 8.95. The Morgan fingerprint density at radius 3 is 2.67 bits per heavy atom. The molecule has 3 heterocycles. The van der Waals surface area contributed by atoms with Crippen molar-refractivity contribution in [1.82, 2.24) is 40.1 Å². The second-order valence-corrected chi connectivity index (χ2v) is 6.66. The van der Waals surface area contributed by atoms with E-state index in [4.69, 9.17) is 4.52 Å². The number of aromatic nitrogens is 6. The first-order valence-electron chi connectivity index (χ1n) is 8.80. The zero-order chi connectivity index (χ0) is 16.5. The molecule has 2 fully saturated rings. The Balaban J connectivity index is 1.32. The highest BCUT2D eigenvalue weighted by Crippen LogP contribution is 2.34. The van der Waals surface area contributed by atoms with Gasteiger partial charge in [-0.2, -0.15) is 4.98 Å². The van der Waals surface area contributed by atoms with Gasteiger partial charge in [0.05, 0.1) is 18.6 Å². The van der Waals surface area contributed by atoms with Gasteiger partial charge in [-0.15, -0.1) is 5.10 Å². The van der Waals surface area contributed by atoms with Crippen molar-refractivity contribution in [1.29, 1.82) is 0 Å². The first-order valence-corrected chi connectivity index (χ1v) is 8.80. The molecule has 1 saturated carbocycles. The quantitative estimate of drug-likeness (QED) is 0.768. The molecule has 0 aromatic carbocycles. The van der Waals surface area contributed by atoms with Crippen LogP contribution in [0.25, 0.3) is 0 Å². The summed E-state index contributed by atoms with van der Waals surface area (Å²) in [6.07, 6.45) is 3.21. The number of aryl methyl sites for hydroxylation is 1. The molecular weight excluding hydrogens is 308 g/mol. The average molecular weight is 332 g/mol. The van der Waals surface area contributed by atoms with Crippen molar-refractivity contribution in [3.8, 4) is 0 Å². The normalized spacial score (nSPS) is 21.2. The molecule has 4 rings (SSSR count). The van der Waals surface area contributed by atoms with Crippen molar-refractivity contribution in [2.45, 2.75) is 51.7 Å². The van der Waals surface area contributed by atoms with Crippen LogP contribution in [-0.4, -0.2) is 66.3 Å². The molecule has 0 N–H and O–H groups in total. The molecule has 0 amide bonds. The summed E-state index contributed by atoms with van der Waals surface area (Å²) < 4.78 is 7.39. The van der Waals surface area contributed by atoms with Crippen LogP contribution in [0.15, 0.2) is 4.52 Å². The first kappa shape index (κ1) is 15.6. The Bertz CT molecular complexity index is 671. The summed E-state index contributed by atoms with van der Waals surface area (Å²) in [4.78, 5) is 9.27. The number of hydrogen-bond acceptors (Lipinski definition) is 8. The minimum Gasteiger partial charge on any atom is -0.338 e. The molecule has 130 valence electrons. The van der Waals surface area contributed by atoms with Gasteiger partial charge in [-0.05, 0) is 30.2 Å². The van der Waals surface area contributed by atoms with Crippen molar-refractivity contribution in [3.63, 3.8) is 0 Å². The van der Waals surface area contributed by atoms with E-state index in [1.54, 1.807) is 0 Å². The third-order valence-corrected chi connectivity index (χ3v) is 4.93. The lowest BCUT2D eigenvalue weighted by Gasteiger charge is -2.36. The van der Waals surface area contributed by atoms with Gasteiger partial charge in [0, 0.05) is 32.6 Å². The Hall–Kier alpha value is -1.87. The predicted octanol–water partition coefficient (Wildman–Crippen LogP) is 0.832. The largest absolute Gasteiger partial charge is 0.338 e. The van der Waals surface area contributed by atoms with Gasteiger partial charge in [0.15, 0.2) is 11.6 Å². The fourth-order valence-electron chi connectivity index (χ4n) is 3.16. The molecule has 24 heavy (non-hydrogen) atoms. The maximum Gasteiger partial charge on any atom is 0.243 e. The highest BCUT2D eigenvalue weighted by Gasteiger charge is 2.30. The van der Waals surface area contributed by atoms with E-state index in [2.05, 4.69) is 42.4 Å². The Morgan fingerprint density at radius 1 is 1.21 bits per heavy atom. The average Bonchev–Trinajstić information content (AvgIpc) is 3.16. The van der Waals surface area contributed by atoms with Crippen molar-refractivity contribution in [2.75, 3.05) is 26.2 Å². The summed E-state index contributed by atoms with van der Waals surface area (Å²) in [5.74, 6) is 2.49. The lowest BCUT2D eigenvalue weighted by Crippen LogP contribution is -2.47.